The summed E-state index contributed by atoms with van der Waals surface area (Å²) in [6.07, 6.45) is 4.20. The third kappa shape index (κ3) is 0.474. The number of hydrogen-bond acceptors (Lipinski definition) is 1. The molecule has 2 heteroatoms. The van der Waals surface area contributed by atoms with Crippen LogP contribution < -0.4 is 0 Å². The molecule has 0 heterocycles. The van der Waals surface area contributed by atoms with Gasteiger partial charge in [-0.2, -0.15) is 0 Å². The molecular weight excluding hydrogens is 128 g/mol. The molecule has 3 aliphatic rings. The van der Waals surface area contributed by atoms with Gasteiger partial charge >= 0.3 is 5.97 Å². The molecule has 3 aliphatic carbocycles. The minimum atomic E-state index is -0.657. The van der Waals surface area contributed by atoms with Crippen LogP contribution in [0.3, 0.4) is 0 Å². The van der Waals surface area contributed by atoms with E-state index < -0.39 is 5.97 Å². The van der Waals surface area contributed by atoms with E-state index in [1.54, 1.807) is 6.92 Å². The highest BCUT2D eigenvalue weighted by Gasteiger charge is 2.53. The molecule has 10 heavy (non-hydrogen) atoms. The van der Waals surface area contributed by atoms with Crippen LogP contribution in [0, 0.1) is 11.3 Å². The average Bonchev–Trinajstić information content (AvgIpc) is 1.56. The minimum absolute atomic E-state index is 0.0845. The Balaban J connectivity index is 2.14. The van der Waals surface area contributed by atoms with Crippen LogP contribution in [0.15, 0.2) is 11.6 Å². The summed E-state index contributed by atoms with van der Waals surface area (Å²) in [6.45, 7) is 1.80. The number of aliphatic carboxylic acids is 1. The van der Waals surface area contributed by atoms with Crippen LogP contribution >= 0.6 is 0 Å². The highest BCUT2D eigenvalue weighted by Crippen LogP contribution is 2.62. The van der Waals surface area contributed by atoms with Crippen LogP contribution in [0.5, 0.6) is 0 Å². The van der Waals surface area contributed by atoms with Crippen molar-refractivity contribution in [3.8, 4) is 0 Å². The van der Waals surface area contributed by atoms with Gasteiger partial charge in [0, 0.05) is 5.41 Å². The Kier molecular flexibility index (Phi) is 0.858. The van der Waals surface area contributed by atoms with Crippen molar-refractivity contribution in [2.75, 3.05) is 0 Å². The van der Waals surface area contributed by atoms with Crippen molar-refractivity contribution < 1.29 is 9.90 Å². The van der Waals surface area contributed by atoms with E-state index in [1.807, 2.05) is 0 Å². The molecule has 1 saturated carbocycles. The van der Waals surface area contributed by atoms with Crippen LogP contribution in [-0.2, 0) is 4.79 Å². The first-order valence-corrected chi connectivity index (χ1v) is 3.57. The summed E-state index contributed by atoms with van der Waals surface area (Å²) in [5, 5.41) is 8.68. The maximum atomic E-state index is 10.5. The number of carbonyl (C=O) groups is 1. The van der Waals surface area contributed by atoms with Crippen LogP contribution in [0.2, 0.25) is 0 Å². The van der Waals surface area contributed by atoms with Gasteiger partial charge in [0.1, 0.15) is 0 Å². The smallest absolute Gasteiger partial charge is 0.307 e. The molecule has 1 fully saturated rings. The molecule has 0 unspecified atom stereocenters. The number of allylic oxidation sites excluding steroid dienone is 2. The molecule has 1 atom stereocenters. The zero-order valence-corrected chi connectivity index (χ0v) is 5.92. The van der Waals surface area contributed by atoms with Crippen molar-refractivity contribution in [1.82, 2.24) is 0 Å². The van der Waals surface area contributed by atoms with Crippen molar-refractivity contribution in [2.24, 2.45) is 11.3 Å². The van der Waals surface area contributed by atoms with Gasteiger partial charge < -0.3 is 5.11 Å². The summed E-state index contributed by atoms with van der Waals surface area (Å²) in [7, 11) is 0. The third-order valence-corrected chi connectivity index (χ3v) is 2.84. The largest absolute Gasteiger partial charge is 0.481 e. The summed E-state index contributed by atoms with van der Waals surface area (Å²) >= 11 is 0. The van der Waals surface area contributed by atoms with Gasteiger partial charge in [0.05, 0.1) is 5.92 Å². The first kappa shape index (κ1) is 5.96. The second-order valence-electron chi connectivity index (χ2n) is 3.45. The summed E-state index contributed by atoms with van der Waals surface area (Å²) in [5.41, 5.74) is 1.54. The van der Waals surface area contributed by atoms with E-state index in [0.29, 0.717) is 0 Å². The van der Waals surface area contributed by atoms with Gasteiger partial charge in [0.15, 0.2) is 0 Å². The molecule has 0 aromatic rings. The lowest BCUT2D eigenvalue weighted by Gasteiger charge is -2.55. The SMILES string of the molecule is C[C@H](C(=O)O)C12C=C(C1)C2. The molecule has 0 spiro atoms. The van der Waals surface area contributed by atoms with Gasteiger partial charge in [0.2, 0.25) is 0 Å². The summed E-state index contributed by atoms with van der Waals surface area (Å²) in [5.74, 6) is -0.833. The standard InChI is InChI=1S/C8H10O2/c1-5(7(9)10)8-2-6(3-8)4-8/h2,5H,3-4H2,1H3,(H,9,10)/t5-/m1/s1. The Morgan fingerprint density at radius 3 is 2.40 bits per heavy atom. The Bertz CT molecular complexity index is 219. The number of hydrogen-bond donors (Lipinski definition) is 1. The number of carboxylic acid groups (broad SMARTS) is 1. The van der Waals surface area contributed by atoms with Crippen molar-refractivity contribution in [3.63, 3.8) is 0 Å². The van der Waals surface area contributed by atoms with Gasteiger partial charge in [0.25, 0.3) is 0 Å². The fraction of sp³-hybridized carbons (Fsp3) is 0.625. The summed E-state index contributed by atoms with van der Waals surface area (Å²) < 4.78 is 0. The summed E-state index contributed by atoms with van der Waals surface area (Å²) in [6, 6.07) is 0. The van der Waals surface area contributed by atoms with Gasteiger partial charge in [-0.05, 0) is 12.8 Å². The normalized spacial score (nSPS) is 27.5. The monoisotopic (exact) mass is 138 g/mol. The Morgan fingerprint density at radius 1 is 1.80 bits per heavy atom. The van der Waals surface area contributed by atoms with E-state index >= 15 is 0 Å². The quantitative estimate of drug-likeness (QED) is 0.586. The van der Waals surface area contributed by atoms with Crippen LogP contribution in [0.1, 0.15) is 19.8 Å². The van der Waals surface area contributed by atoms with Crippen molar-refractivity contribution in [2.45, 2.75) is 19.8 Å². The first-order valence-electron chi connectivity index (χ1n) is 3.57. The van der Waals surface area contributed by atoms with Gasteiger partial charge in [-0.1, -0.05) is 18.6 Å². The molecule has 0 aromatic carbocycles. The molecule has 0 radical (unpaired) electrons. The Hall–Kier alpha value is -0.790. The second-order valence-corrected chi connectivity index (χ2v) is 3.45. The van der Waals surface area contributed by atoms with E-state index in [4.69, 9.17) is 5.11 Å². The number of carboxylic acids is 1. The molecule has 3 rings (SSSR count). The molecule has 2 nitrogen and oxygen atoms in total. The zero-order chi connectivity index (χ0) is 7.35. The van der Waals surface area contributed by atoms with Gasteiger partial charge in [-0.3, -0.25) is 4.79 Å². The Morgan fingerprint density at radius 2 is 2.30 bits per heavy atom. The molecule has 0 amide bonds. The van der Waals surface area contributed by atoms with Crippen LogP contribution in [-0.4, -0.2) is 11.1 Å². The van der Waals surface area contributed by atoms with E-state index in [9.17, 15) is 4.79 Å². The third-order valence-electron chi connectivity index (χ3n) is 2.84. The lowest BCUT2D eigenvalue weighted by Crippen LogP contribution is -2.47. The molecule has 0 saturated heterocycles. The zero-order valence-electron chi connectivity index (χ0n) is 5.92. The van der Waals surface area contributed by atoms with E-state index in [0.717, 1.165) is 12.8 Å². The van der Waals surface area contributed by atoms with Crippen molar-refractivity contribution in [1.29, 1.82) is 0 Å². The first-order chi connectivity index (χ1) is 4.64. The molecule has 1 N–H and O–H groups in total. The molecule has 0 aliphatic heterocycles. The lowest BCUT2D eigenvalue weighted by atomic mass is 9.49. The van der Waals surface area contributed by atoms with Crippen LogP contribution in [0.25, 0.3) is 0 Å². The molecule has 2 bridgehead atoms. The predicted molar refractivity (Wildman–Crippen MR) is 36.5 cm³/mol. The Labute approximate surface area is 59.5 Å². The molecular formula is C8H10O2. The lowest BCUT2D eigenvalue weighted by molar-refractivity contribution is -0.146. The van der Waals surface area contributed by atoms with E-state index in [1.165, 1.54) is 5.57 Å². The minimum Gasteiger partial charge on any atom is -0.481 e. The highest BCUT2D eigenvalue weighted by atomic mass is 16.4. The van der Waals surface area contributed by atoms with E-state index in [2.05, 4.69) is 6.08 Å². The van der Waals surface area contributed by atoms with Crippen molar-refractivity contribution >= 4 is 5.97 Å². The van der Waals surface area contributed by atoms with Gasteiger partial charge in [-0.25, -0.2) is 0 Å². The molecule has 0 aromatic heterocycles. The summed E-state index contributed by atoms with van der Waals surface area (Å²) in [4.78, 5) is 10.5. The topological polar surface area (TPSA) is 37.3 Å². The predicted octanol–water partition coefficient (Wildman–Crippen LogP) is 1.43. The average molecular weight is 138 g/mol. The second kappa shape index (κ2) is 1.44. The van der Waals surface area contributed by atoms with Crippen molar-refractivity contribution in [3.05, 3.63) is 11.6 Å². The van der Waals surface area contributed by atoms with E-state index in [-0.39, 0.29) is 11.3 Å². The van der Waals surface area contributed by atoms with Crippen LogP contribution in [0.4, 0.5) is 0 Å². The molecule has 54 valence electrons. The fourth-order valence-electron chi connectivity index (χ4n) is 1.82. The van der Waals surface area contributed by atoms with Gasteiger partial charge in [-0.15, -0.1) is 0 Å². The fourth-order valence-corrected chi connectivity index (χ4v) is 1.82. The maximum Gasteiger partial charge on any atom is 0.307 e. The maximum absolute atomic E-state index is 10.5. The highest BCUT2D eigenvalue weighted by molar-refractivity contribution is 5.73. The number of rotatable bonds is 2.